The monoisotopic (exact) mass is 480 g/mol. The minimum absolute atomic E-state index is 0.239. The molecule has 6 nitrogen and oxygen atoms in total. The Morgan fingerprint density at radius 3 is 2.45 bits per heavy atom. The van der Waals surface area contributed by atoms with Gasteiger partial charge in [0.2, 0.25) is 15.9 Å². The van der Waals surface area contributed by atoms with Gasteiger partial charge in [-0.15, -0.1) is 0 Å². The van der Waals surface area contributed by atoms with Gasteiger partial charge in [-0.2, -0.15) is 17.5 Å². The third-order valence-electron chi connectivity index (χ3n) is 5.04. The number of nitrogens with one attached hydrogen (secondary N) is 1. The lowest BCUT2D eigenvalue weighted by Crippen LogP contribution is -2.37. The molecule has 0 fully saturated rings. The van der Waals surface area contributed by atoms with Crippen molar-refractivity contribution in [3.63, 3.8) is 0 Å². The maximum Gasteiger partial charge on any atom is 0.416 e. The zero-order chi connectivity index (χ0) is 24.2. The fraction of sp³-hybridized carbons (Fsp3) is 0.261. The number of benzene rings is 2. The molecule has 0 saturated heterocycles. The molecular formula is C23H23F3N2O4S. The van der Waals surface area contributed by atoms with Crippen LogP contribution in [-0.2, 0) is 34.0 Å². The molecule has 1 heterocycles. The molecule has 0 unspecified atom stereocenters. The third-order valence-corrected chi connectivity index (χ3v) is 6.82. The van der Waals surface area contributed by atoms with Crippen molar-refractivity contribution >= 4 is 21.6 Å². The van der Waals surface area contributed by atoms with Crippen LogP contribution in [0.3, 0.4) is 0 Å². The molecule has 3 rings (SSSR count). The molecular weight excluding hydrogens is 457 g/mol. The lowest BCUT2D eigenvalue weighted by molar-refractivity contribution is -0.137. The van der Waals surface area contributed by atoms with E-state index in [0.717, 1.165) is 33.6 Å². The van der Waals surface area contributed by atoms with Crippen LogP contribution < -0.4 is 5.32 Å². The minimum atomic E-state index is -4.71. The molecule has 1 amide bonds. The molecule has 3 aromatic rings. The highest BCUT2D eigenvalue weighted by Crippen LogP contribution is 2.31. The Hall–Kier alpha value is -3.11. The molecule has 2 aromatic carbocycles. The first-order valence-electron chi connectivity index (χ1n) is 10.1. The van der Waals surface area contributed by atoms with E-state index in [-0.39, 0.29) is 12.3 Å². The number of carbonyl (C=O) groups excluding carboxylic acids is 1. The zero-order valence-electron chi connectivity index (χ0n) is 18.0. The SMILES string of the molecule is CCc1cccc(C)c1NC(=O)CN(Cc1ccco1)S(=O)(=O)c1cccc(C(F)(F)F)c1. The van der Waals surface area contributed by atoms with E-state index in [1.165, 1.54) is 12.3 Å². The molecule has 33 heavy (non-hydrogen) atoms. The molecule has 0 saturated carbocycles. The fourth-order valence-corrected chi connectivity index (χ4v) is 4.73. The van der Waals surface area contributed by atoms with Gasteiger partial charge in [0.25, 0.3) is 0 Å². The lowest BCUT2D eigenvalue weighted by Gasteiger charge is -2.22. The lowest BCUT2D eigenvalue weighted by atomic mass is 10.1. The van der Waals surface area contributed by atoms with Crippen LogP contribution in [0.1, 0.15) is 29.4 Å². The van der Waals surface area contributed by atoms with Crippen molar-refractivity contribution in [2.75, 3.05) is 11.9 Å². The van der Waals surface area contributed by atoms with Crippen LogP contribution in [0.5, 0.6) is 0 Å². The Morgan fingerprint density at radius 1 is 1.09 bits per heavy atom. The van der Waals surface area contributed by atoms with Gasteiger partial charge in [-0.1, -0.05) is 31.2 Å². The predicted octanol–water partition coefficient (Wildman–Crippen LogP) is 5.00. The summed E-state index contributed by atoms with van der Waals surface area (Å²) in [5, 5.41) is 2.74. The first kappa shape index (κ1) is 24.5. The molecule has 0 aliphatic heterocycles. The molecule has 1 aromatic heterocycles. The largest absolute Gasteiger partial charge is 0.468 e. The minimum Gasteiger partial charge on any atom is -0.468 e. The number of sulfonamides is 1. The second-order valence-corrected chi connectivity index (χ2v) is 9.33. The van der Waals surface area contributed by atoms with Gasteiger partial charge >= 0.3 is 6.18 Å². The van der Waals surface area contributed by atoms with E-state index in [1.54, 1.807) is 6.07 Å². The van der Waals surface area contributed by atoms with E-state index < -0.39 is 39.1 Å². The van der Waals surface area contributed by atoms with Crippen molar-refractivity contribution < 1.29 is 30.8 Å². The van der Waals surface area contributed by atoms with E-state index >= 15 is 0 Å². The number of hydrogen-bond donors (Lipinski definition) is 1. The van der Waals surface area contributed by atoms with E-state index in [4.69, 9.17) is 4.42 Å². The van der Waals surface area contributed by atoms with E-state index in [9.17, 15) is 26.4 Å². The van der Waals surface area contributed by atoms with Crippen molar-refractivity contribution in [2.45, 2.75) is 37.9 Å². The zero-order valence-corrected chi connectivity index (χ0v) is 18.8. The Bertz CT molecular complexity index is 1220. The number of hydrogen-bond acceptors (Lipinski definition) is 4. The Labute approximate surface area is 190 Å². The van der Waals surface area contributed by atoms with Gasteiger partial charge in [0.1, 0.15) is 5.76 Å². The van der Waals surface area contributed by atoms with E-state index in [1.807, 2.05) is 32.0 Å². The molecule has 0 atom stereocenters. The van der Waals surface area contributed by atoms with Crippen LogP contribution in [0.15, 0.2) is 70.2 Å². The number of nitrogens with zero attached hydrogens (tertiary/aromatic N) is 1. The van der Waals surface area contributed by atoms with Crippen molar-refractivity contribution in [2.24, 2.45) is 0 Å². The summed E-state index contributed by atoms with van der Waals surface area (Å²) in [4.78, 5) is 12.3. The van der Waals surface area contributed by atoms with Gasteiger partial charge in [-0.05, 0) is 54.8 Å². The number of carbonyl (C=O) groups is 1. The number of furan rings is 1. The van der Waals surface area contributed by atoms with Gasteiger partial charge in [0.05, 0.1) is 29.8 Å². The quantitative estimate of drug-likeness (QED) is 0.492. The fourth-order valence-electron chi connectivity index (χ4n) is 3.33. The van der Waals surface area contributed by atoms with E-state index in [0.29, 0.717) is 18.2 Å². The number of rotatable bonds is 8. The third kappa shape index (κ3) is 5.82. The Balaban J connectivity index is 1.93. The van der Waals surface area contributed by atoms with Gasteiger partial charge in [-0.3, -0.25) is 4.79 Å². The average molecular weight is 481 g/mol. The number of alkyl halides is 3. The highest BCUT2D eigenvalue weighted by atomic mass is 32.2. The van der Waals surface area contributed by atoms with Crippen molar-refractivity contribution in [3.8, 4) is 0 Å². The molecule has 0 radical (unpaired) electrons. The summed E-state index contributed by atoms with van der Waals surface area (Å²) < 4.78 is 71.9. The predicted molar refractivity (Wildman–Crippen MR) is 117 cm³/mol. The second-order valence-electron chi connectivity index (χ2n) is 7.39. The summed E-state index contributed by atoms with van der Waals surface area (Å²) in [5.74, 6) is -0.385. The topological polar surface area (TPSA) is 79.6 Å². The molecule has 1 N–H and O–H groups in total. The summed E-state index contributed by atoms with van der Waals surface area (Å²) in [7, 11) is -4.46. The smallest absolute Gasteiger partial charge is 0.416 e. The Kier molecular flexibility index (Phi) is 7.28. The highest BCUT2D eigenvalue weighted by Gasteiger charge is 2.34. The van der Waals surface area contributed by atoms with E-state index in [2.05, 4.69) is 5.32 Å². The molecule has 10 heteroatoms. The maximum absolute atomic E-state index is 13.3. The number of para-hydroxylation sites is 1. The molecule has 0 aliphatic rings. The number of halogens is 3. The van der Waals surface area contributed by atoms with Crippen LogP contribution in [0, 0.1) is 6.92 Å². The van der Waals surface area contributed by atoms with Crippen molar-refractivity contribution in [1.29, 1.82) is 0 Å². The number of anilines is 1. The summed E-state index contributed by atoms with van der Waals surface area (Å²) in [6.07, 6.45) is -2.72. The van der Waals surface area contributed by atoms with Crippen LogP contribution >= 0.6 is 0 Å². The normalized spacial score (nSPS) is 12.2. The van der Waals surface area contributed by atoms with Crippen molar-refractivity contribution in [1.82, 2.24) is 4.31 Å². The molecule has 0 spiro atoms. The van der Waals surface area contributed by atoms with Gasteiger partial charge in [0.15, 0.2) is 0 Å². The average Bonchev–Trinajstić information content (AvgIpc) is 3.27. The number of aryl methyl sites for hydroxylation is 2. The molecule has 176 valence electrons. The molecule has 0 aliphatic carbocycles. The highest BCUT2D eigenvalue weighted by molar-refractivity contribution is 7.89. The summed E-state index contributed by atoms with van der Waals surface area (Å²) >= 11 is 0. The van der Waals surface area contributed by atoms with Gasteiger partial charge in [0, 0.05) is 5.69 Å². The standard InChI is InChI=1S/C23H23F3N2O4S/c1-3-17-8-4-7-16(2)22(17)27-21(29)15-28(14-19-10-6-12-32-19)33(30,31)20-11-5-9-18(13-20)23(24,25)26/h4-13H,3,14-15H2,1-2H3,(H,27,29). The first-order valence-corrected chi connectivity index (χ1v) is 11.5. The summed E-state index contributed by atoms with van der Waals surface area (Å²) in [6, 6.07) is 12.0. The van der Waals surface area contributed by atoms with Crippen LogP contribution in [0.25, 0.3) is 0 Å². The van der Waals surface area contributed by atoms with Crippen LogP contribution in [0.2, 0.25) is 0 Å². The van der Waals surface area contributed by atoms with Crippen LogP contribution in [0.4, 0.5) is 18.9 Å². The van der Waals surface area contributed by atoms with Gasteiger partial charge < -0.3 is 9.73 Å². The summed E-state index contributed by atoms with van der Waals surface area (Å²) in [6.45, 7) is 2.80. The summed E-state index contributed by atoms with van der Waals surface area (Å²) in [5.41, 5.74) is 1.17. The Morgan fingerprint density at radius 2 is 1.82 bits per heavy atom. The first-order chi connectivity index (χ1) is 15.5. The number of amides is 1. The maximum atomic E-state index is 13.3. The van der Waals surface area contributed by atoms with Crippen molar-refractivity contribution in [3.05, 3.63) is 83.3 Å². The van der Waals surface area contributed by atoms with Gasteiger partial charge in [-0.25, -0.2) is 8.42 Å². The molecule has 0 bridgehead atoms. The second kappa shape index (κ2) is 9.80. The van der Waals surface area contributed by atoms with Crippen LogP contribution in [-0.4, -0.2) is 25.2 Å².